The zero-order valence-electron chi connectivity index (χ0n) is 9.15. The summed E-state index contributed by atoms with van der Waals surface area (Å²) in [6.07, 6.45) is 0. The van der Waals surface area contributed by atoms with Gasteiger partial charge >= 0.3 is 0 Å². The Bertz CT molecular complexity index is 500. The van der Waals surface area contributed by atoms with E-state index in [4.69, 9.17) is 4.52 Å². The molecule has 0 saturated heterocycles. The van der Waals surface area contributed by atoms with Gasteiger partial charge in [-0.15, -0.1) is 0 Å². The third-order valence-electron chi connectivity index (χ3n) is 2.31. The van der Waals surface area contributed by atoms with Crippen LogP contribution in [0, 0.1) is 6.92 Å². The lowest BCUT2D eigenvalue weighted by Crippen LogP contribution is -2.16. The Morgan fingerprint density at radius 2 is 2.00 bits per heavy atom. The Labute approximate surface area is 93.3 Å². The van der Waals surface area contributed by atoms with Crippen molar-refractivity contribution >= 4 is 5.91 Å². The minimum atomic E-state index is -0.272. The number of amides is 1. The van der Waals surface area contributed by atoms with Gasteiger partial charge in [0.05, 0.1) is 0 Å². The number of nitrogens with zero attached hydrogens (tertiary/aromatic N) is 1. The molecule has 0 radical (unpaired) electrons. The molecule has 16 heavy (non-hydrogen) atoms. The Hall–Kier alpha value is -2.10. The van der Waals surface area contributed by atoms with Gasteiger partial charge in [-0.2, -0.15) is 0 Å². The van der Waals surface area contributed by atoms with Crippen LogP contribution in [0.5, 0.6) is 0 Å². The molecule has 0 bridgehead atoms. The molecule has 0 atom stereocenters. The summed E-state index contributed by atoms with van der Waals surface area (Å²) < 4.78 is 4.94. The number of rotatable bonds is 2. The van der Waals surface area contributed by atoms with Crippen LogP contribution in [-0.4, -0.2) is 18.1 Å². The van der Waals surface area contributed by atoms with Crippen LogP contribution in [-0.2, 0) is 0 Å². The molecule has 82 valence electrons. The van der Waals surface area contributed by atoms with Gasteiger partial charge in [-0.25, -0.2) is 0 Å². The Morgan fingerprint density at radius 3 is 2.62 bits per heavy atom. The first-order chi connectivity index (χ1) is 7.70. The maximum atomic E-state index is 11.3. The summed E-state index contributed by atoms with van der Waals surface area (Å²) in [5, 5.41) is 6.33. The van der Waals surface area contributed by atoms with Crippen LogP contribution in [0.15, 0.2) is 34.9 Å². The van der Waals surface area contributed by atoms with Crippen molar-refractivity contribution in [3.05, 3.63) is 41.7 Å². The van der Waals surface area contributed by atoms with Gasteiger partial charge in [0, 0.05) is 18.7 Å². The summed E-state index contributed by atoms with van der Waals surface area (Å²) in [5.41, 5.74) is 2.78. The van der Waals surface area contributed by atoms with Crippen LogP contribution in [0.4, 0.5) is 0 Å². The number of aromatic nitrogens is 1. The van der Waals surface area contributed by atoms with Crippen LogP contribution in [0.1, 0.15) is 16.1 Å². The minimum absolute atomic E-state index is 0.220. The van der Waals surface area contributed by atoms with Crippen LogP contribution < -0.4 is 5.32 Å². The maximum absolute atomic E-state index is 11.3. The molecule has 1 N–H and O–H groups in total. The Balaban J connectivity index is 2.31. The summed E-state index contributed by atoms with van der Waals surface area (Å²) in [7, 11) is 1.55. The quantitative estimate of drug-likeness (QED) is 0.835. The van der Waals surface area contributed by atoms with Gasteiger partial charge in [-0.1, -0.05) is 35.0 Å². The summed E-state index contributed by atoms with van der Waals surface area (Å²) in [4.78, 5) is 11.3. The van der Waals surface area contributed by atoms with Gasteiger partial charge in [0.1, 0.15) is 5.69 Å². The monoisotopic (exact) mass is 216 g/mol. The SMILES string of the molecule is CNC(=O)c1cc(-c2ccc(C)cc2)no1. The number of nitrogens with one attached hydrogen (secondary N) is 1. The van der Waals surface area contributed by atoms with E-state index in [0.29, 0.717) is 5.69 Å². The fourth-order valence-corrected chi connectivity index (χ4v) is 1.37. The number of benzene rings is 1. The molecule has 2 aromatic rings. The van der Waals surface area contributed by atoms with Crippen LogP contribution in [0.25, 0.3) is 11.3 Å². The lowest BCUT2D eigenvalue weighted by molar-refractivity contribution is 0.0926. The van der Waals surface area contributed by atoms with E-state index in [1.54, 1.807) is 13.1 Å². The van der Waals surface area contributed by atoms with Gasteiger partial charge in [0.15, 0.2) is 0 Å². The topological polar surface area (TPSA) is 55.1 Å². The molecule has 0 aliphatic rings. The first-order valence-electron chi connectivity index (χ1n) is 4.96. The molecule has 4 heteroatoms. The molecule has 0 aliphatic carbocycles. The standard InChI is InChI=1S/C12H12N2O2/c1-8-3-5-9(6-4-8)10-7-11(16-14-10)12(15)13-2/h3-7H,1-2H3,(H,13,15). The summed E-state index contributed by atoms with van der Waals surface area (Å²) in [5.74, 6) is -0.0519. The summed E-state index contributed by atoms with van der Waals surface area (Å²) in [6.45, 7) is 2.02. The molecule has 0 unspecified atom stereocenters. The third-order valence-corrected chi connectivity index (χ3v) is 2.31. The second-order valence-electron chi connectivity index (χ2n) is 3.52. The van der Waals surface area contributed by atoms with E-state index in [2.05, 4.69) is 10.5 Å². The highest BCUT2D eigenvalue weighted by molar-refractivity contribution is 5.92. The number of aryl methyl sites for hydroxylation is 1. The maximum Gasteiger partial charge on any atom is 0.289 e. The molecule has 4 nitrogen and oxygen atoms in total. The van der Waals surface area contributed by atoms with Crippen molar-refractivity contribution in [3.8, 4) is 11.3 Å². The molecule has 0 aliphatic heterocycles. The van der Waals surface area contributed by atoms with Crippen LogP contribution in [0.3, 0.4) is 0 Å². The molecule has 0 fully saturated rings. The zero-order chi connectivity index (χ0) is 11.5. The van der Waals surface area contributed by atoms with E-state index in [-0.39, 0.29) is 11.7 Å². The van der Waals surface area contributed by atoms with Gasteiger partial charge in [0.25, 0.3) is 5.91 Å². The second-order valence-corrected chi connectivity index (χ2v) is 3.52. The van der Waals surface area contributed by atoms with E-state index in [1.807, 2.05) is 31.2 Å². The predicted octanol–water partition coefficient (Wildman–Crippen LogP) is 2.01. The Morgan fingerprint density at radius 1 is 1.31 bits per heavy atom. The molecule has 1 amide bonds. The first kappa shape index (κ1) is 10.4. The van der Waals surface area contributed by atoms with E-state index in [1.165, 1.54) is 5.56 Å². The number of carbonyl (C=O) groups excluding carboxylic acids is 1. The molecule has 0 spiro atoms. The second kappa shape index (κ2) is 4.18. The molecular formula is C12H12N2O2. The molecule has 0 saturated carbocycles. The fourth-order valence-electron chi connectivity index (χ4n) is 1.37. The number of hydrogen-bond acceptors (Lipinski definition) is 3. The molecule has 1 heterocycles. The Kier molecular flexibility index (Phi) is 2.72. The van der Waals surface area contributed by atoms with Crippen LogP contribution >= 0.6 is 0 Å². The normalized spacial score (nSPS) is 10.1. The largest absolute Gasteiger partial charge is 0.352 e. The highest BCUT2D eigenvalue weighted by Gasteiger charge is 2.11. The zero-order valence-corrected chi connectivity index (χ0v) is 9.15. The summed E-state index contributed by atoms with van der Waals surface area (Å²) >= 11 is 0. The number of carbonyl (C=O) groups is 1. The smallest absolute Gasteiger partial charge is 0.289 e. The van der Waals surface area contributed by atoms with Crippen molar-refractivity contribution in [3.63, 3.8) is 0 Å². The fraction of sp³-hybridized carbons (Fsp3) is 0.167. The predicted molar refractivity (Wildman–Crippen MR) is 60.1 cm³/mol. The van der Waals surface area contributed by atoms with Crippen molar-refractivity contribution in [2.24, 2.45) is 0 Å². The molecular weight excluding hydrogens is 204 g/mol. The van der Waals surface area contributed by atoms with Crippen molar-refractivity contribution in [1.29, 1.82) is 0 Å². The molecule has 1 aromatic heterocycles. The van der Waals surface area contributed by atoms with Gasteiger partial charge in [0.2, 0.25) is 5.76 Å². The lowest BCUT2D eigenvalue weighted by atomic mass is 10.1. The van der Waals surface area contributed by atoms with Crippen molar-refractivity contribution in [1.82, 2.24) is 10.5 Å². The van der Waals surface area contributed by atoms with E-state index >= 15 is 0 Å². The van der Waals surface area contributed by atoms with Gasteiger partial charge in [-0.05, 0) is 6.92 Å². The minimum Gasteiger partial charge on any atom is -0.352 e. The molecule has 2 rings (SSSR count). The highest BCUT2D eigenvalue weighted by Crippen LogP contribution is 2.19. The van der Waals surface area contributed by atoms with E-state index in [9.17, 15) is 4.79 Å². The van der Waals surface area contributed by atoms with Crippen molar-refractivity contribution in [2.45, 2.75) is 6.92 Å². The van der Waals surface area contributed by atoms with Crippen molar-refractivity contribution < 1.29 is 9.32 Å². The average Bonchev–Trinajstić information content (AvgIpc) is 2.78. The summed E-state index contributed by atoms with van der Waals surface area (Å²) in [6, 6.07) is 9.50. The van der Waals surface area contributed by atoms with Gasteiger partial charge < -0.3 is 9.84 Å². The van der Waals surface area contributed by atoms with E-state index in [0.717, 1.165) is 5.56 Å². The lowest BCUT2D eigenvalue weighted by Gasteiger charge is -1.95. The third kappa shape index (κ3) is 1.95. The number of hydrogen-bond donors (Lipinski definition) is 1. The van der Waals surface area contributed by atoms with Crippen molar-refractivity contribution in [2.75, 3.05) is 7.05 Å². The van der Waals surface area contributed by atoms with Crippen LogP contribution in [0.2, 0.25) is 0 Å². The van der Waals surface area contributed by atoms with Gasteiger partial charge in [-0.3, -0.25) is 4.79 Å². The molecule has 1 aromatic carbocycles. The average molecular weight is 216 g/mol. The van der Waals surface area contributed by atoms with E-state index < -0.39 is 0 Å². The first-order valence-corrected chi connectivity index (χ1v) is 4.96. The highest BCUT2D eigenvalue weighted by atomic mass is 16.5.